The maximum atomic E-state index is 2.33. The van der Waals surface area contributed by atoms with E-state index in [0.29, 0.717) is 5.41 Å². The summed E-state index contributed by atoms with van der Waals surface area (Å²) in [5, 5.41) is 0. The van der Waals surface area contributed by atoms with E-state index in [0.717, 1.165) is 0 Å². The van der Waals surface area contributed by atoms with Crippen LogP contribution in [0.5, 0.6) is 0 Å². The molecule has 0 fully saturated rings. The first-order valence-corrected chi connectivity index (χ1v) is 5.21. The summed E-state index contributed by atoms with van der Waals surface area (Å²) in [5.74, 6) is 0. The fraction of sp³-hybridized carbons (Fsp3) is 0.833. The van der Waals surface area contributed by atoms with Gasteiger partial charge in [0.25, 0.3) is 0 Å². The van der Waals surface area contributed by atoms with Gasteiger partial charge in [0.1, 0.15) is 0 Å². The summed E-state index contributed by atoms with van der Waals surface area (Å²) >= 11 is 0. The molecule has 0 rings (SSSR count). The van der Waals surface area contributed by atoms with Crippen LogP contribution in [0.3, 0.4) is 0 Å². The first-order chi connectivity index (χ1) is 5.56. The minimum absolute atomic E-state index is 0.495. The van der Waals surface area contributed by atoms with E-state index in [2.05, 4.69) is 39.8 Å². The quantitative estimate of drug-likeness (QED) is 0.417. The van der Waals surface area contributed by atoms with Gasteiger partial charge in [0.15, 0.2) is 0 Å². The van der Waals surface area contributed by atoms with Gasteiger partial charge in [0, 0.05) is 0 Å². The predicted octanol–water partition coefficient (Wildman–Crippen LogP) is 4.56. The third kappa shape index (κ3) is 9.74. The van der Waals surface area contributed by atoms with E-state index in [-0.39, 0.29) is 0 Å². The summed E-state index contributed by atoms with van der Waals surface area (Å²) < 4.78 is 0. The zero-order chi connectivity index (χ0) is 9.45. The topological polar surface area (TPSA) is 0 Å². The van der Waals surface area contributed by atoms with Crippen LogP contribution in [-0.2, 0) is 0 Å². The summed E-state index contributed by atoms with van der Waals surface area (Å²) in [6.07, 6.45) is 11.1. The zero-order valence-electron chi connectivity index (χ0n) is 9.19. The molecular formula is C12H24. The second kappa shape index (κ2) is 6.28. The lowest BCUT2D eigenvalue weighted by Gasteiger charge is -2.15. The molecule has 0 saturated heterocycles. The Morgan fingerprint density at radius 1 is 1.00 bits per heavy atom. The van der Waals surface area contributed by atoms with Gasteiger partial charge >= 0.3 is 0 Å². The Kier molecular flexibility index (Phi) is 6.14. The van der Waals surface area contributed by atoms with Gasteiger partial charge in [0.2, 0.25) is 0 Å². The minimum atomic E-state index is 0.495. The van der Waals surface area contributed by atoms with E-state index < -0.39 is 0 Å². The lowest BCUT2D eigenvalue weighted by Crippen LogP contribution is -2.02. The molecule has 0 heteroatoms. The second-order valence-electron chi connectivity index (χ2n) is 4.71. The van der Waals surface area contributed by atoms with Crippen molar-refractivity contribution in [3.63, 3.8) is 0 Å². The van der Waals surface area contributed by atoms with Crippen molar-refractivity contribution >= 4 is 0 Å². The smallest absolute Gasteiger partial charge is 0.0346 e. The molecule has 0 radical (unpaired) electrons. The molecule has 0 N–H and O–H groups in total. The summed E-state index contributed by atoms with van der Waals surface area (Å²) in [6.45, 7) is 9.13. The fourth-order valence-electron chi connectivity index (χ4n) is 1.07. The molecule has 0 bridgehead atoms. The van der Waals surface area contributed by atoms with Gasteiger partial charge in [0.05, 0.1) is 0 Å². The molecule has 0 aliphatic carbocycles. The summed E-state index contributed by atoms with van der Waals surface area (Å²) in [4.78, 5) is 0. The highest BCUT2D eigenvalue weighted by Crippen LogP contribution is 2.20. The Balaban J connectivity index is 3.25. The molecule has 0 aliphatic heterocycles. The van der Waals surface area contributed by atoms with Gasteiger partial charge in [-0.25, -0.2) is 0 Å². The molecule has 12 heavy (non-hydrogen) atoms. The monoisotopic (exact) mass is 168 g/mol. The molecule has 0 atom stereocenters. The van der Waals surface area contributed by atoms with E-state index in [1.807, 2.05) is 0 Å². The van der Waals surface area contributed by atoms with Gasteiger partial charge in [-0.1, -0.05) is 52.7 Å². The van der Waals surface area contributed by atoms with E-state index in [4.69, 9.17) is 0 Å². The highest BCUT2D eigenvalue weighted by atomic mass is 14.1. The van der Waals surface area contributed by atoms with Crippen molar-refractivity contribution in [3.8, 4) is 0 Å². The standard InChI is InChI=1S/C12H24/c1-5-6-7-8-9-10-11-12(2,3)4/h8-9H,5-7,10-11H2,1-4H3/b9-8-. The Morgan fingerprint density at radius 2 is 1.58 bits per heavy atom. The molecule has 0 amide bonds. The second-order valence-corrected chi connectivity index (χ2v) is 4.71. The molecule has 0 nitrogen and oxygen atoms in total. The zero-order valence-corrected chi connectivity index (χ0v) is 9.19. The SMILES string of the molecule is CCCC/C=C\CCC(C)(C)C. The summed E-state index contributed by atoms with van der Waals surface area (Å²) in [6, 6.07) is 0. The molecule has 72 valence electrons. The van der Waals surface area contributed by atoms with E-state index in [9.17, 15) is 0 Å². The maximum Gasteiger partial charge on any atom is -0.0346 e. The Bertz CT molecular complexity index is 114. The third-order valence-corrected chi connectivity index (χ3v) is 1.95. The number of rotatable bonds is 5. The molecule has 0 heterocycles. The molecule has 0 aromatic carbocycles. The van der Waals surface area contributed by atoms with Crippen molar-refractivity contribution in [2.24, 2.45) is 5.41 Å². The average Bonchev–Trinajstić information content (AvgIpc) is 1.94. The van der Waals surface area contributed by atoms with E-state index in [1.54, 1.807) is 0 Å². The molecule has 0 aliphatic rings. The minimum Gasteiger partial charge on any atom is -0.0885 e. The number of allylic oxidation sites excluding steroid dienone is 2. The van der Waals surface area contributed by atoms with Gasteiger partial charge in [-0.3, -0.25) is 0 Å². The van der Waals surface area contributed by atoms with Gasteiger partial charge in [-0.2, -0.15) is 0 Å². The van der Waals surface area contributed by atoms with Crippen molar-refractivity contribution in [3.05, 3.63) is 12.2 Å². The van der Waals surface area contributed by atoms with Crippen molar-refractivity contribution in [1.29, 1.82) is 0 Å². The van der Waals surface area contributed by atoms with E-state index in [1.165, 1.54) is 32.1 Å². The van der Waals surface area contributed by atoms with E-state index >= 15 is 0 Å². The van der Waals surface area contributed by atoms with Crippen LogP contribution in [0, 0.1) is 5.41 Å². The van der Waals surface area contributed by atoms with Crippen molar-refractivity contribution in [1.82, 2.24) is 0 Å². The van der Waals surface area contributed by atoms with Gasteiger partial charge < -0.3 is 0 Å². The summed E-state index contributed by atoms with van der Waals surface area (Å²) in [5.41, 5.74) is 0.495. The van der Waals surface area contributed by atoms with Gasteiger partial charge in [-0.15, -0.1) is 0 Å². The molecule has 0 aromatic heterocycles. The van der Waals surface area contributed by atoms with Crippen molar-refractivity contribution in [2.45, 2.75) is 59.8 Å². The fourth-order valence-corrected chi connectivity index (χ4v) is 1.07. The first-order valence-electron chi connectivity index (χ1n) is 5.21. The van der Waals surface area contributed by atoms with Crippen LogP contribution in [0.1, 0.15) is 59.8 Å². The Labute approximate surface area is 78.1 Å². The van der Waals surface area contributed by atoms with Crippen LogP contribution in [-0.4, -0.2) is 0 Å². The lowest BCUT2D eigenvalue weighted by atomic mass is 9.90. The summed E-state index contributed by atoms with van der Waals surface area (Å²) in [7, 11) is 0. The van der Waals surface area contributed by atoms with Crippen LogP contribution in [0.2, 0.25) is 0 Å². The highest BCUT2D eigenvalue weighted by molar-refractivity contribution is 4.82. The predicted molar refractivity (Wildman–Crippen MR) is 57.4 cm³/mol. The van der Waals surface area contributed by atoms with Gasteiger partial charge in [-0.05, 0) is 24.7 Å². The molecular weight excluding hydrogens is 144 g/mol. The Hall–Kier alpha value is -0.260. The normalized spacial score (nSPS) is 12.7. The van der Waals surface area contributed by atoms with Crippen LogP contribution in [0.4, 0.5) is 0 Å². The number of hydrogen-bond acceptors (Lipinski definition) is 0. The van der Waals surface area contributed by atoms with Crippen LogP contribution in [0.25, 0.3) is 0 Å². The number of unbranched alkanes of at least 4 members (excludes halogenated alkanes) is 2. The van der Waals surface area contributed by atoms with Crippen molar-refractivity contribution < 1.29 is 0 Å². The lowest BCUT2D eigenvalue weighted by molar-refractivity contribution is 0.381. The first kappa shape index (κ1) is 11.7. The molecule has 0 saturated carbocycles. The average molecular weight is 168 g/mol. The highest BCUT2D eigenvalue weighted by Gasteiger charge is 2.07. The van der Waals surface area contributed by atoms with Crippen LogP contribution < -0.4 is 0 Å². The van der Waals surface area contributed by atoms with Crippen LogP contribution in [0.15, 0.2) is 12.2 Å². The number of hydrogen-bond donors (Lipinski definition) is 0. The van der Waals surface area contributed by atoms with Crippen molar-refractivity contribution in [2.75, 3.05) is 0 Å². The largest absolute Gasteiger partial charge is 0.0885 e. The molecule has 0 unspecified atom stereocenters. The Morgan fingerprint density at radius 3 is 2.08 bits per heavy atom. The molecule has 0 spiro atoms. The maximum absolute atomic E-state index is 2.33. The molecule has 0 aromatic rings. The van der Waals surface area contributed by atoms with Crippen LogP contribution >= 0.6 is 0 Å². The third-order valence-electron chi connectivity index (χ3n) is 1.95.